The third kappa shape index (κ3) is 6.88. The number of hydrogen-bond donors (Lipinski definition) is 1. The van der Waals surface area contributed by atoms with Crippen molar-refractivity contribution in [3.8, 4) is 17.1 Å². The third-order valence-corrected chi connectivity index (χ3v) is 6.39. The molecule has 0 bridgehead atoms. The standard InChI is InChI=1S/C28H32N4O3/c1-2-3-19-35-24-11-9-23(10-12-24)27-29-28(34)25(30-31-27)13-14-26(33)32-17-15-22(16-18-32)20-21-7-5-4-6-8-21/h2,4-12,22H,1,3,13-20H2,(H,29,31,34). The molecule has 182 valence electrons. The largest absolute Gasteiger partial charge is 0.493 e. The first-order valence-corrected chi connectivity index (χ1v) is 12.2. The van der Waals surface area contributed by atoms with Crippen LogP contribution in [-0.4, -0.2) is 45.7 Å². The van der Waals surface area contributed by atoms with E-state index in [2.05, 4.69) is 46.0 Å². The molecule has 0 unspecified atom stereocenters. The van der Waals surface area contributed by atoms with Crippen molar-refractivity contribution in [2.75, 3.05) is 19.7 Å². The molecule has 0 spiro atoms. The molecule has 0 saturated carbocycles. The fourth-order valence-electron chi connectivity index (χ4n) is 4.34. The predicted molar refractivity (Wildman–Crippen MR) is 136 cm³/mol. The van der Waals surface area contributed by atoms with Gasteiger partial charge in [0.2, 0.25) is 5.91 Å². The number of aromatic amines is 1. The van der Waals surface area contributed by atoms with Gasteiger partial charge in [0, 0.05) is 31.5 Å². The number of nitrogens with one attached hydrogen (secondary N) is 1. The van der Waals surface area contributed by atoms with E-state index in [4.69, 9.17) is 4.74 Å². The van der Waals surface area contributed by atoms with E-state index < -0.39 is 0 Å². The lowest BCUT2D eigenvalue weighted by molar-refractivity contribution is -0.132. The number of hydrogen-bond acceptors (Lipinski definition) is 5. The number of aryl methyl sites for hydroxylation is 1. The van der Waals surface area contributed by atoms with E-state index >= 15 is 0 Å². The van der Waals surface area contributed by atoms with Crippen LogP contribution in [0.3, 0.4) is 0 Å². The van der Waals surface area contributed by atoms with Gasteiger partial charge in [0.1, 0.15) is 11.4 Å². The van der Waals surface area contributed by atoms with E-state index in [0.717, 1.165) is 50.1 Å². The Balaban J connectivity index is 1.26. The zero-order valence-electron chi connectivity index (χ0n) is 20.0. The van der Waals surface area contributed by atoms with Crippen molar-refractivity contribution >= 4 is 5.91 Å². The van der Waals surface area contributed by atoms with Crippen LogP contribution in [0.4, 0.5) is 0 Å². The zero-order chi connectivity index (χ0) is 24.5. The lowest BCUT2D eigenvalue weighted by Gasteiger charge is -2.32. The van der Waals surface area contributed by atoms with E-state index in [1.54, 1.807) is 6.08 Å². The second-order valence-electron chi connectivity index (χ2n) is 8.91. The second kappa shape index (κ2) is 12.1. The molecule has 35 heavy (non-hydrogen) atoms. The van der Waals surface area contributed by atoms with Crippen LogP contribution in [0.1, 0.15) is 36.9 Å². The minimum absolute atomic E-state index is 0.0699. The van der Waals surface area contributed by atoms with Crippen LogP contribution in [-0.2, 0) is 17.6 Å². The molecule has 4 rings (SSSR count). The van der Waals surface area contributed by atoms with Crippen molar-refractivity contribution in [3.05, 3.63) is 88.9 Å². The summed E-state index contributed by atoms with van der Waals surface area (Å²) in [5, 5.41) is 8.28. The molecule has 1 fully saturated rings. The first-order valence-electron chi connectivity index (χ1n) is 12.2. The molecule has 0 atom stereocenters. The SMILES string of the molecule is C=CCCOc1ccc(-c2nnc(CCC(=O)N3CCC(Cc4ccccc4)CC3)c(=O)[nH]2)cc1. The van der Waals surface area contributed by atoms with Gasteiger partial charge >= 0.3 is 0 Å². The van der Waals surface area contributed by atoms with Gasteiger partial charge in [-0.1, -0.05) is 36.4 Å². The predicted octanol–water partition coefficient (Wildman–Crippen LogP) is 4.20. The summed E-state index contributed by atoms with van der Waals surface area (Å²) in [4.78, 5) is 30.0. The summed E-state index contributed by atoms with van der Waals surface area (Å²) in [6, 6.07) is 17.8. The van der Waals surface area contributed by atoms with Gasteiger partial charge in [-0.05, 0) is 61.4 Å². The fraction of sp³-hybridized carbons (Fsp3) is 0.357. The third-order valence-electron chi connectivity index (χ3n) is 6.39. The normalized spacial score (nSPS) is 14.0. The van der Waals surface area contributed by atoms with Crippen LogP contribution < -0.4 is 10.3 Å². The number of amides is 1. The first kappa shape index (κ1) is 24.4. The monoisotopic (exact) mass is 472 g/mol. The number of H-pyrrole nitrogens is 1. The zero-order valence-corrected chi connectivity index (χ0v) is 20.0. The Morgan fingerprint density at radius 2 is 1.83 bits per heavy atom. The number of rotatable bonds is 10. The van der Waals surface area contributed by atoms with E-state index in [0.29, 0.717) is 18.3 Å². The van der Waals surface area contributed by atoms with Crippen molar-refractivity contribution in [2.24, 2.45) is 5.92 Å². The molecule has 1 aromatic heterocycles. The maximum atomic E-state index is 12.7. The average Bonchev–Trinajstić information content (AvgIpc) is 2.89. The van der Waals surface area contributed by atoms with Gasteiger partial charge in [0.15, 0.2) is 5.82 Å². The second-order valence-corrected chi connectivity index (χ2v) is 8.91. The van der Waals surface area contributed by atoms with Gasteiger partial charge in [-0.2, -0.15) is 0 Å². The molecule has 1 saturated heterocycles. The molecule has 0 radical (unpaired) electrons. The molecule has 7 heteroatoms. The van der Waals surface area contributed by atoms with Gasteiger partial charge in [0.25, 0.3) is 5.56 Å². The van der Waals surface area contributed by atoms with Crippen LogP contribution in [0.5, 0.6) is 5.75 Å². The summed E-state index contributed by atoms with van der Waals surface area (Å²) in [6.07, 6.45) is 6.20. The van der Waals surface area contributed by atoms with Gasteiger partial charge in [-0.3, -0.25) is 9.59 Å². The smallest absolute Gasteiger partial charge is 0.273 e. The lowest BCUT2D eigenvalue weighted by Crippen LogP contribution is -2.39. The van der Waals surface area contributed by atoms with Crippen molar-refractivity contribution in [1.82, 2.24) is 20.1 Å². The highest BCUT2D eigenvalue weighted by Crippen LogP contribution is 2.22. The number of benzene rings is 2. The van der Waals surface area contributed by atoms with E-state index in [1.807, 2.05) is 35.2 Å². The fourth-order valence-corrected chi connectivity index (χ4v) is 4.34. The van der Waals surface area contributed by atoms with Gasteiger partial charge in [0.05, 0.1) is 6.61 Å². The number of ether oxygens (including phenoxy) is 1. The molecule has 1 aliphatic heterocycles. The molecule has 7 nitrogen and oxygen atoms in total. The summed E-state index contributed by atoms with van der Waals surface area (Å²) in [5.74, 6) is 1.81. The van der Waals surface area contributed by atoms with Crippen LogP contribution in [0.25, 0.3) is 11.4 Å². The van der Waals surface area contributed by atoms with Gasteiger partial charge in [-0.25, -0.2) is 0 Å². The Bertz CT molecular complexity index is 1170. The van der Waals surface area contributed by atoms with Crippen LogP contribution >= 0.6 is 0 Å². The number of nitrogens with zero attached hydrogens (tertiary/aromatic N) is 3. The van der Waals surface area contributed by atoms with Gasteiger partial charge < -0.3 is 14.6 Å². The Labute approximate surface area is 205 Å². The van der Waals surface area contributed by atoms with Crippen molar-refractivity contribution in [2.45, 2.75) is 38.5 Å². The maximum Gasteiger partial charge on any atom is 0.273 e. The summed E-state index contributed by atoms with van der Waals surface area (Å²) in [6.45, 7) is 5.78. The quantitative estimate of drug-likeness (QED) is 0.353. The summed E-state index contributed by atoms with van der Waals surface area (Å²) in [7, 11) is 0. The Morgan fingerprint density at radius 3 is 2.51 bits per heavy atom. The molecular formula is C28H32N4O3. The summed E-state index contributed by atoms with van der Waals surface area (Å²) in [5.41, 5.74) is 2.07. The van der Waals surface area contributed by atoms with Crippen molar-refractivity contribution < 1.29 is 9.53 Å². The van der Waals surface area contributed by atoms with Crippen LogP contribution in [0, 0.1) is 5.92 Å². The van der Waals surface area contributed by atoms with E-state index in [-0.39, 0.29) is 30.0 Å². The number of likely N-dealkylation sites (tertiary alicyclic amines) is 1. The van der Waals surface area contributed by atoms with Gasteiger partial charge in [-0.15, -0.1) is 16.8 Å². The number of carbonyl (C=O) groups is 1. The number of aromatic nitrogens is 3. The van der Waals surface area contributed by atoms with Crippen LogP contribution in [0.2, 0.25) is 0 Å². The molecular weight excluding hydrogens is 440 g/mol. The topological polar surface area (TPSA) is 88.2 Å². The molecule has 1 N–H and O–H groups in total. The van der Waals surface area contributed by atoms with Crippen LogP contribution in [0.15, 0.2) is 72.0 Å². The molecule has 3 aromatic rings. The molecule has 2 aromatic carbocycles. The van der Waals surface area contributed by atoms with Crippen molar-refractivity contribution in [3.63, 3.8) is 0 Å². The first-order chi connectivity index (χ1) is 17.1. The minimum Gasteiger partial charge on any atom is -0.493 e. The summed E-state index contributed by atoms with van der Waals surface area (Å²) < 4.78 is 5.60. The lowest BCUT2D eigenvalue weighted by atomic mass is 9.90. The van der Waals surface area contributed by atoms with E-state index in [9.17, 15) is 9.59 Å². The number of carbonyl (C=O) groups excluding carboxylic acids is 1. The maximum absolute atomic E-state index is 12.7. The van der Waals surface area contributed by atoms with E-state index in [1.165, 1.54) is 5.56 Å². The minimum atomic E-state index is -0.310. The molecule has 1 amide bonds. The Morgan fingerprint density at radius 1 is 1.09 bits per heavy atom. The summed E-state index contributed by atoms with van der Waals surface area (Å²) >= 11 is 0. The molecule has 0 aliphatic carbocycles. The Kier molecular flexibility index (Phi) is 8.44. The highest BCUT2D eigenvalue weighted by Gasteiger charge is 2.23. The van der Waals surface area contributed by atoms with Crippen molar-refractivity contribution in [1.29, 1.82) is 0 Å². The molecule has 1 aliphatic rings. The number of piperidine rings is 1. The molecule has 2 heterocycles. The highest BCUT2D eigenvalue weighted by atomic mass is 16.5. The highest BCUT2D eigenvalue weighted by molar-refractivity contribution is 5.76. The Hall–Kier alpha value is -3.74. The average molecular weight is 473 g/mol.